The monoisotopic (exact) mass is 420 g/mol. The Morgan fingerprint density at radius 1 is 1.06 bits per heavy atom. The van der Waals surface area contributed by atoms with E-state index in [0.29, 0.717) is 17.1 Å². The van der Waals surface area contributed by atoms with Gasteiger partial charge in [0.2, 0.25) is 0 Å². The molecule has 1 atom stereocenters. The lowest BCUT2D eigenvalue weighted by Crippen LogP contribution is -2.34. The van der Waals surface area contributed by atoms with Crippen molar-refractivity contribution < 1.29 is 19.1 Å². The number of nitrogens with one attached hydrogen (secondary N) is 2. The van der Waals surface area contributed by atoms with Crippen LogP contribution in [0.4, 0.5) is 5.69 Å². The van der Waals surface area contributed by atoms with Gasteiger partial charge in [-0.1, -0.05) is 30.3 Å². The van der Waals surface area contributed by atoms with Gasteiger partial charge in [-0.15, -0.1) is 0 Å². The Kier molecular flexibility index (Phi) is 7.05. The fraction of sp³-hybridized carbons (Fsp3) is 0.174. The largest absolute Gasteiger partial charge is 0.493 e. The second kappa shape index (κ2) is 10.1. The summed E-state index contributed by atoms with van der Waals surface area (Å²) in [6.45, 7) is 1.48. The van der Waals surface area contributed by atoms with Crippen molar-refractivity contribution in [2.45, 2.75) is 13.0 Å². The van der Waals surface area contributed by atoms with Crippen molar-refractivity contribution in [3.8, 4) is 11.5 Å². The topological polar surface area (TPSA) is 115 Å². The number of ether oxygens (including phenoxy) is 2. The number of primary amides is 1. The minimum atomic E-state index is -0.596. The Morgan fingerprint density at radius 3 is 2.58 bits per heavy atom. The van der Waals surface area contributed by atoms with Crippen LogP contribution in [0.2, 0.25) is 0 Å². The van der Waals surface area contributed by atoms with Crippen LogP contribution in [-0.4, -0.2) is 37.8 Å². The van der Waals surface area contributed by atoms with Gasteiger partial charge in [0.25, 0.3) is 11.8 Å². The fourth-order valence-electron chi connectivity index (χ4n) is 2.90. The molecular weight excluding hydrogens is 396 g/mol. The first-order valence-corrected chi connectivity index (χ1v) is 9.63. The summed E-state index contributed by atoms with van der Waals surface area (Å²) in [5, 5.41) is 9.38. The summed E-state index contributed by atoms with van der Waals surface area (Å²) in [7, 11) is 1.49. The minimum absolute atomic E-state index is 0.272. The van der Waals surface area contributed by atoms with Crippen molar-refractivity contribution >= 4 is 34.5 Å². The van der Waals surface area contributed by atoms with Crippen LogP contribution in [0.3, 0.4) is 0 Å². The van der Waals surface area contributed by atoms with Gasteiger partial charge in [-0.3, -0.25) is 9.59 Å². The van der Waals surface area contributed by atoms with E-state index in [4.69, 9.17) is 15.2 Å². The quantitative estimate of drug-likeness (QED) is 0.364. The molecule has 8 heteroatoms. The zero-order chi connectivity index (χ0) is 22.2. The average molecular weight is 420 g/mol. The van der Waals surface area contributed by atoms with E-state index < -0.39 is 11.9 Å². The van der Waals surface area contributed by atoms with Gasteiger partial charge in [0.15, 0.2) is 18.1 Å². The van der Waals surface area contributed by atoms with Crippen LogP contribution in [-0.2, 0) is 9.59 Å². The van der Waals surface area contributed by atoms with Crippen LogP contribution in [0.25, 0.3) is 10.8 Å². The Hall–Kier alpha value is -4.07. The van der Waals surface area contributed by atoms with Crippen LogP contribution in [0.15, 0.2) is 65.8 Å². The molecule has 3 aromatic rings. The molecule has 8 nitrogen and oxygen atoms in total. The number of benzene rings is 3. The first-order chi connectivity index (χ1) is 15.0. The SMILES string of the molecule is COc1ccc(/C=N\NC(=O)[C@@H](C)Nc2ccc3ccccc3c2)cc1OCC(N)=O. The number of nitrogens with zero attached hydrogens (tertiary/aromatic N) is 1. The predicted molar refractivity (Wildman–Crippen MR) is 120 cm³/mol. The molecular formula is C23H24N4O4. The molecule has 0 heterocycles. The van der Waals surface area contributed by atoms with Crippen molar-refractivity contribution in [2.24, 2.45) is 10.8 Å². The molecule has 0 bridgehead atoms. The van der Waals surface area contributed by atoms with Crippen molar-refractivity contribution in [3.05, 3.63) is 66.2 Å². The number of hydrogen-bond donors (Lipinski definition) is 3. The number of hydrazone groups is 1. The maximum Gasteiger partial charge on any atom is 0.262 e. The minimum Gasteiger partial charge on any atom is -0.493 e. The van der Waals surface area contributed by atoms with E-state index in [9.17, 15) is 9.59 Å². The number of anilines is 1. The summed E-state index contributed by atoms with van der Waals surface area (Å²) < 4.78 is 10.5. The summed E-state index contributed by atoms with van der Waals surface area (Å²) >= 11 is 0. The smallest absolute Gasteiger partial charge is 0.262 e. The number of fused-ring (bicyclic) bond motifs is 1. The van der Waals surface area contributed by atoms with Gasteiger partial charge >= 0.3 is 0 Å². The molecule has 3 aromatic carbocycles. The van der Waals surface area contributed by atoms with Crippen molar-refractivity contribution in [2.75, 3.05) is 19.0 Å². The maximum absolute atomic E-state index is 12.4. The van der Waals surface area contributed by atoms with Gasteiger partial charge < -0.3 is 20.5 Å². The third kappa shape index (κ3) is 5.96. The third-order valence-electron chi connectivity index (χ3n) is 4.47. The van der Waals surface area contributed by atoms with E-state index in [1.165, 1.54) is 13.3 Å². The van der Waals surface area contributed by atoms with Gasteiger partial charge in [0, 0.05) is 5.69 Å². The van der Waals surface area contributed by atoms with E-state index in [1.807, 2.05) is 42.5 Å². The number of rotatable bonds is 9. The number of carbonyl (C=O) groups excluding carboxylic acids is 2. The van der Waals surface area contributed by atoms with Gasteiger partial charge in [0.1, 0.15) is 6.04 Å². The summed E-state index contributed by atoms with van der Waals surface area (Å²) in [5.41, 5.74) is 9.11. The van der Waals surface area contributed by atoms with Crippen molar-refractivity contribution in [1.82, 2.24) is 5.43 Å². The summed E-state index contributed by atoms with van der Waals surface area (Å²) in [5.74, 6) is -0.0806. The number of amides is 2. The number of carbonyl (C=O) groups is 2. The lowest BCUT2D eigenvalue weighted by atomic mass is 10.1. The van der Waals surface area contributed by atoms with Crippen LogP contribution in [0, 0.1) is 0 Å². The Labute approximate surface area is 180 Å². The molecule has 0 aliphatic heterocycles. The van der Waals surface area contributed by atoms with E-state index in [-0.39, 0.29) is 12.5 Å². The van der Waals surface area contributed by atoms with E-state index in [0.717, 1.165) is 16.5 Å². The van der Waals surface area contributed by atoms with Gasteiger partial charge in [-0.25, -0.2) is 5.43 Å². The van der Waals surface area contributed by atoms with Crippen LogP contribution < -0.4 is 25.9 Å². The summed E-state index contributed by atoms with van der Waals surface area (Å²) in [4.78, 5) is 23.3. The average Bonchev–Trinajstić information content (AvgIpc) is 2.77. The molecule has 0 saturated carbocycles. The van der Waals surface area contributed by atoms with Crippen LogP contribution in [0.1, 0.15) is 12.5 Å². The van der Waals surface area contributed by atoms with Gasteiger partial charge in [-0.05, 0) is 53.6 Å². The predicted octanol–water partition coefficient (Wildman–Crippen LogP) is 2.66. The Morgan fingerprint density at radius 2 is 1.84 bits per heavy atom. The molecule has 2 amide bonds. The highest BCUT2D eigenvalue weighted by molar-refractivity contribution is 5.89. The first kappa shape index (κ1) is 21.6. The molecule has 160 valence electrons. The molecule has 4 N–H and O–H groups in total. The van der Waals surface area contributed by atoms with Crippen LogP contribution in [0.5, 0.6) is 11.5 Å². The van der Waals surface area contributed by atoms with Gasteiger partial charge in [-0.2, -0.15) is 5.10 Å². The number of methoxy groups -OCH3 is 1. The molecule has 0 aliphatic carbocycles. The molecule has 0 unspecified atom stereocenters. The molecule has 0 saturated heterocycles. The van der Waals surface area contributed by atoms with Crippen LogP contribution >= 0.6 is 0 Å². The molecule has 0 spiro atoms. The van der Waals surface area contributed by atoms with Gasteiger partial charge in [0.05, 0.1) is 13.3 Å². The Bertz CT molecular complexity index is 1110. The van der Waals surface area contributed by atoms with Crippen molar-refractivity contribution in [1.29, 1.82) is 0 Å². The van der Waals surface area contributed by atoms with Crippen molar-refractivity contribution in [3.63, 3.8) is 0 Å². The lowest BCUT2D eigenvalue weighted by molar-refractivity contribution is -0.121. The third-order valence-corrected chi connectivity index (χ3v) is 4.47. The fourth-order valence-corrected chi connectivity index (χ4v) is 2.90. The zero-order valence-corrected chi connectivity index (χ0v) is 17.3. The van der Waals surface area contributed by atoms with E-state index in [1.54, 1.807) is 25.1 Å². The van der Waals surface area contributed by atoms with E-state index >= 15 is 0 Å². The molecule has 0 fully saturated rings. The second-order valence-electron chi connectivity index (χ2n) is 6.83. The highest BCUT2D eigenvalue weighted by atomic mass is 16.5. The molecule has 31 heavy (non-hydrogen) atoms. The van der Waals surface area contributed by atoms with E-state index in [2.05, 4.69) is 15.8 Å². The zero-order valence-electron chi connectivity index (χ0n) is 17.3. The highest BCUT2D eigenvalue weighted by Crippen LogP contribution is 2.27. The first-order valence-electron chi connectivity index (χ1n) is 9.63. The standard InChI is InChI=1S/C23H24N4O4/c1-15(26-19-9-8-17-5-3-4-6-18(17)12-19)23(29)27-25-13-16-7-10-20(30-2)21(11-16)31-14-22(24)28/h3-13,15,26H,14H2,1-2H3,(H2,24,28)(H,27,29)/b25-13-/t15-/m1/s1. The Balaban J connectivity index is 1.59. The second-order valence-corrected chi connectivity index (χ2v) is 6.83. The summed E-state index contributed by atoms with van der Waals surface area (Å²) in [6.07, 6.45) is 1.47. The number of nitrogens with two attached hydrogens (primary N) is 1. The maximum atomic E-state index is 12.4. The molecule has 0 aliphatic rings. The number of hydrogen-bond acceptors (Lipinski definition) is 6. The normalized spacial score (nSPS) is 11.8. The summed E-state index contributed by atoms with van der Waals surface area (Å²) in [6, 6.07) is 18.5. The lowest BCUT2D eigenvalue weighted by Gasteiger charge is -2.14. The molecule has 0 aromatic heterocycles. The highest BCUT2D eigenvalue weighted by Gasteiger charge is 2.12. The molecule has 0 radical (unpaired) electrons. The molecule has 3 rings (SSSR count).